The van der Waals surface area contributed by atoms with Crippen LogP contribution in [0.4, 0.5) is 4.79 Å². The summed E-state index contributed by atoms with van der Waals surface area (Å²) in [5.74, 6) is -3.91. The van der Waals surface area contributed by atoms with E-state index in [-0.39, 0.29) is 19.4 Å². The summed E-state index contributed by atoms with van der Waals surface area (Å²) in [6.07, 6.45) is -0.331. The van der Waals surface area contributed by atoms with Gasteiger partial charge in [-0.05, 0) is 13.3 Å². The maximum atomic E-state index is 11.9. The van der Waals surface area contributed by atoms with E-state index < -0.39 is 48.3 Å². The van der Waals surface area contributed by atoms with Crippen LogP contribution in [-0.2, 0) is 19.2 Å². The normalized spacial score (nSPS) is 18.8. The predicted molar refractivity (Wildman–Crippen MR) is 71.7 cm³/mol. The average molecular weight is 316 g/mol. The second kappa shape index (κ2) is 7.38. The van der Waals surface area contributed by atoms with Gasteiger partial charge < -0.3 is 20.8 Å². The maximum Gasteiger partial charge on any atom is 0.520 e. The summed E-state index contributed by atoms with van der Waals surface area (Å²) < 4.78 is 0. The molecule has 1 fully saturated rings. The van der Waals surface area contributed by atoms with E-state index in [0.29, 0.717) is 4.90 Å². The number of aliphatic carboxylic acids is 1. The number of carboxylic acid groups (broad SMARTS) is 1. The SMILES string of the molecule is C[C@@H](CNC(=O)CN1C(=O)N[C@@H](CCC(=O)O)C1=O)C(=O)[OH2+]. The quantitative estimate of drug-likeness (QED) is 0.340. The van der Waals surface area contributed by atoms with E-state index in [1.807, 2.05) is 0 Å². The number of hydrogen-bond acceptors (Lipinski definition) is 5. The molecule has 4 amide bonds. The molecule has 0 aromatic rings. The molecule has 5 N–H and O–H groups in total. The number of carbonyl (C=O) groups is 5. The molecule has 22 heavy (non-hydrogen) atoms. The van der Waals surface area contributed by atoms with E-state index >= 15 is 0 Å². The van der Waals surface area contributed by atoms with E-state index in [9.17, 15) is 24.0 Å². The van der Waals surface area contributed by atoms with Crippen molar-refractivity contribution in [3.63, 3.8) is 0 Å². The summed E-state index contributed by atoms with van der Waals surface area (Å²) in [6.45, 7) is 0.881. The monoisotopic (exact) mass is 316 g/mol. The molecule has 1 saturated heterocycles. The molecule has 0 aromatic heterocycles. The third-order valence-corrected chi connectivity index (χ3v) is 3.11. The molecule has 0 spiro atoms. The van der Waals surface area contributed by atoms with Crippen LogP contribution < -0.4 is 10.6 Å². The Morgan fingerprint density at radius 3 is 2.59 bits per heavy atom. The molecule has 0 bridgehead atoms. The van der Waals surface area contributed by atoms with Crippen molar-refractivity contribution in [3.05, 3.63) is 0 Å². The highest BCUT2D eigenvalue weighted by Crippen LogP contribution is 2.10. The van der Waals surface area contributed by atoms with Gasteiger partial charge in [-0.15, -0.1) is 0 Å². The molecular formula is C12H18N3O7+. The fourth-order valence-corrected chi connectivity index (χ4v) is 1.75. The van der Waals surface area contributed by atoms with Crippen molar-refractivity contribution in [3.8, 4) is 0 Å². The minimum absolute atomic E-state index is 0.0532. The molecule has 10 nitrogen and oxygen atoms in total. The van der Waals surface area contributed by atoms with Gasteiger partial charge in [0.1, 0.15) is 18.5 Å². The summed E-state index contributed by atoms with van der Waals surface area (Å²) in [4.78, 5) is 57.0. The zero-order valence-corrected chi connectivity index (χ0v) is 11.9. The topological polar surface area (TPSA) is 156 Å². The molecule has 0 saturated carbocycles. The van der Waals surface area contributed by atoms with Crippen molar-refractivity contribution in [2.45, 2.75) is 25.8 Å². The molecular weight excluding hydrogens is 298 g/mol. The second-order valence-corrected chi connectivity index (χ2v) is 4.93. The van der Waals surface area contributed by atoms with Gasteiger partial charge in [-0.1, -0.05) is 0 Å². The van der Waals surface area contributed by atoms with Gasteiger partial charge in [0.15, 0.2) is 0 Å². The Hall–Kier alpha value is -2.65. The molecule has 0 aromatic carbocycles. The van der Waals surface area contributed by atoms with Crippen molar-refractivity contribution in [2.24, 2.45) is 5.92 Å². The Bertz CT molecular complexity index is 505. The van der Waals surface area contributed by atoms with E-state index in [0.717, 1.165) is 0 Å². The summed E-state index contributed by atoms with van der Waals surface area (Å²) in [7, 11) is 0. The standard InChI is InChI=1S/C12H17N3O7/c1-6(11(20)21)4-13-8(16)5-15-10(19)7(14-12(15)22)2-3-9(17)18/h6-7H,2-5H2,1H3,(H,13,16)(H,14,22)(H,17,18)(H,20,21)/p+1/t6-,7-/m0/s1. The molecule has 0 aliphatic carbocycles. The third-order valence-electron chi connectivity index (χ3n) is 3.11. The fourth-order valence-electron chi connectivity index (χ4n) is 1.75. The summed E-state index contributed by atoms with van der Waals surface area (Å²) >= 11 is 0. The number of nitrogens with zero attached hydrogens (tertiary/aromatic N) is 1. The average Bonchev–Trinajstić information content (AvgIpc) is 2.69. The predicted octanol–water partition coefficient (Wildman–Crippen LogP) is -2.22. The smallest absolute Gasteiger partial charge is 0.520 e. The lowest BCUT2D eigenvalue weighted by Gasteiger charge is -2.13. The lowest BCUT2D eigenvalue weighted by molar-refractivity contribution is -0.141. The van der Waals surface area contributed by atoms with Crippen molar-refractivity contribution in [1.82, 2.24) is 15.5 Å². The molecule has 10 heteroatoms. The van der Waals surface area contributed by atoms with Gasteiger partial charge >= 0.3 is 18.0 Å². The molecule has 1 aliphatic rings. The summed E-state index contributed by atoms with van der Waals surface area (Å²) in [5.41, 5.74) is 0. The lowest BCUT2D eigenvalue weighted by atomic mass is 10.1. The van der Waals surface area contributed by atoms with Gasteiger partial charge in [0, 0.05) is 17.8 Å². The molecule has 2 atom stereocenters. The number of hydrogen-bond donors (Lipinski definition) is 3. The zero-order chi connectivity index (χ0) is 16.9. The largest absolute Gasteiger partial charge is 0.564 e. The van der Waals surface area contributed by atoms with Gasteiger partial charge in [-0.3, -0.25) is 19.3 Å². The zero-order valence-electron chi connectivity index (χ0n) is 11.9. The Balaban J connectivity index is 2.49. The molecule has 0 unspecified atom stereocenters. The first-order chi connectivity index (χ1) is 10.2. The molecule has 122 valence electrons. The maximum absolute atomic E-state index is 11.9. The highest BCUT2D eigenvalue weighted by molar-refractivity contribution is 6.06. The highest BCUT2D eigenvalue weighted by atomic mass is 16.4. The van der Waals surface area contributed by atoms with Gasteiger partial charge in [0.25, 0.3) is 5.91 Å². The lowest BCUT2D eigenvalue weighted by Crippen LogP contribution is -2.42. The number of imide groups is 1. The molecule has 1 aliphatic heterocycles. The van der Waals surface area contributed by atoms with Crippen LogP contribution in [-0.4, -0.2) is 64.0 Å². The van der Waals surface area contributed by atoms with Crippen LogP contribution in [0.15, 0.2) is 0 Å². The summed E-state index contributed by atoms with van der Waals surface area (Å²) in [5, 5.41) is 20.1. The minimum atomic E-state index is -1.09. The Kier molecular flexibility index (Phi) is 5.84. The minimum Gasteiger partial charge on any atom is -0.564 e. The van der Waals surface area contributed by atoms with Crippen LogP contribution >= 0.6 is 0 Å². The number of amides is 4. The van der Waals surface area contributed by atoms with Gasteiger partial charge in [0.05, 0.1) is 0 Å². The van der Waals surface area contributed by atoms with Crippen molar-refractivity contribution in [1.29, 1.82) is 0 Å². The van der Waals surface area contributed by atoms with Gasteiger partial charge in [-0.25, -0.2) is 4.79 Å². The Morgan fingerprint density at radius 2 is 2.05 bits per heavy atom. The number of carbonyl (C=O) groups excluding carboxylic acids is 4. The van der Waals surface area contributed by atoms with Crippen LogP contribution in [0.1, 0.15) is 19.8 Å². The first-order valence-corrected chi connectivity index (χ1v) is 6.58. The van der Waals surface area contributed by atoms with Crippen molar-refractivity contribution >= 4 is 29.8 Å². The molecule has 1 rings (SSSR count). The second-order valence-electron chi connectivity index (χ2n) is 4.93. The third kappa shape index (κ3) is 4.72. The number of rotatable bonds is 8. The molecule has 1 heterocycles. The summed E-state index contributed by atoms with van der Waals surface area (Å²) in [6, 6.07) is -1.72. The van der Waals surface area contributed by atoms with Crippen LogP contribution in [0.3, 0.4) is 0 Å². The van der Waals surface area contributed by atoms with E-state index in [4.69, 9.17) is 10.2 Å². The van der Waals surface area contributed by atoms with Gasteiger partial charge in [0.2, 0.25) is 5.91 Å². The van der Waals surface area contributed by atoms with E-state index in [2.05, 4.69) is 10.6 Å². The number of urea groups is 1. The van der Waals surface area contributed by atoms with Crippen LogP contribution in [0.25, 0.3) is 0 Å². The van der Waals surface area contributed by atoms with E-state index in [1.54, 1.807) is 0 Å². The van der Waals surface area contributed by atoms with Crippen molar-refractivity contribution < 1.29 is 34.2 Å². The Labute approximate surface area is 125 Å². The van der Waals surface area contributed by atoms with Crippen LogP contribution in [0.2, 0.25) is 0 Å². The Morgan fingerprint density at radius 1 is 1.41 bits per heavy atom. The fraction of sp³-hybridized carbons (Fsp3) is 0.583. The number of carboxylic acids is 1. The first-order valence-electron chi connectivity index (χ1n) is 6.58. The number of nitrogens with one attached hydrogen (secondary N) is 2. The van der Waals surface area contributed by atoms with Crippen LogP contribution in [0.5, 0.6) is 0 Å². The van der Waals surface area contributed by atoms with E-state index in [1.165, 1.54) is 6.92 Å². The molecule has 0 radical (unpaired) electrons. The van der Waals surface area contributed by atoms with Crippen LogP contribution in [0, 0.1) is 5.92 Å². The first kappa shape index (κ1) is 17.4. The van der Waals surface area contributed by atoms with Gasteiger partial charge in [-0.2, -0.15) is 0 Å². The highest BCUT2D eigenvalue weighted by Gasteiger charge is 2.38. The van der Waals surface area contributed by atoms with Crippen molar-refractivity contribution in [2.75, 3.05) is 13.1 Å².